The first-order valence-corrected chi connectivity index (χ1v) is 5.81. The fraction of sp³-hybridized carbons (Fsp3) is 0.308. The maximum atomic E-state index is 11.6. The lowest BCUT2D eigenvalue weighted by Gasteiger charge is -2.07. The van der Waals surface area contributed by atoms with Crippen LogP contribution in [0.4, 0.5) is 0 Å². The first kappa shape index (κ1) is 11.0. The van der Waals surface area contributed by atoms with Gasteiger partial charge < -0.3 is 9.15 Å². The molecule has 0 radical (unpaired) electrons. The van der Waals surface area contributed by atoms with Gasteiger partial charge in [0.15, 0.2) is 12.4 Å². The minimum Gasteiger partial charge on any atom is -0.483 e. The van der Waals surface area contributed by atoms with Crippen molar-refractivity contribution >= 4 is 5.78 Å². The van der Waals surface area contributed by atoms with Crippen molar-refractivity contribution in [3.63, 3.8) is 0 Å². The third kappa shape index (κ3) is 1.88. The number of fused-ring (bicyclic) bond motifs is 1. The zero-order valence-electron chi connectivity index (χ0n) is 9.97. The molecule has 1 aromatic heterocycles. The van der Waals surface area contributed by atoms with E-state index in [0.29, 0.717) is 18.2 Å². The number of rotatable bonds is 3. The van der Waals surface area contributed by atoms with Crippen LogP contribution in [-0.2, 0) is 13.0 Å². The summed E-state index contributed by atoms with van der Waals surface area (Å²) in [6, 6.07) is 5.53. The number of hydrogen-bond donors (Lipinski definition) is 0. The minimum atomic E-state index is 0.184. The summed E-state index contributed by atoms with van der Waals surface area (Å²) in [4.78, 5) is 11.6. The fourth-order valence-corrected chi connectivity index (χ4v) is 2.13. The van der Waals surface area contributed by atoms with Crippen LogP contribution in [0, 0.1) is 6.92 Å². The Morgan fingerprint density at radius 2 is 2.22 bits per heavy atom. The third-order valence-electron chi connectivity index (χ3n) is 2.95. The van der Waals surface area contributed by atoms with Crippen LogP contribution in [-0.4, -0.2) is 16.0 Å². The van der Waals surface area contributed by atoms with Crippen LogP contribution in [0.5, 0.6) is 5.75 Å². The normalized spacial score (nSPS) is 13.7. The molecule has 1 aliphatic rings. The van der Waals surface area contributed by atoms with E-state index in [-0.39, 0.29) is 12.4 Å². The summed E-state index contributed by atoms with van der Waals surface area (Å²) in [5.41, 5.74) is 1.76. The molecular weight excluding hydrogens is 232 g/mol. The van der Waals surface area contributed by atoms with E-state index in [4.69, 9.17) is 9.15 Å². The first-order valence-electron chi connectivity index (χ1n) is 5.81. The van der Waals surface area contributed by atoms with Gasteiger partial charge in [0.25, 0.3) is 5.89 Å². The molecule has 0 saturated carbocycles. The van der Waals surface area contributed by atoms with E-state index < -0.39 is 0 Å². The Kier molecular flexibility index (Phi) is 2.59. The van der Waals surface area contributed by atoms with Gasteiger partial charge in [-0.2, -0.15) is 0 Å². The van der Waals surface area contributed by atoms with Gasteiger partial charge in [0.2, 0.25) is 5.89 Å². The molecule has 2 aromatic rings. The van der Waals surface area contributed by atoms with Gasteiger partial charge in [-0.1, -0.05) is 12.1 Å². The molecule has 0 unspecified atom stereocenters. The van der Waals surface area contributed by atoms with Gasteiger partial charge in [0.1, 0.15) is 5.75 Å². The highest BCUT2D eigenvalue weighted by molar-refractivity contribution is 6.01. The van der Waals surface area contributed by atoms with Gasteiger partial charge in [0.05, 0.1) is 0 Å². The Morgan fingerprint density at radius 1 is 1.33 bits per heavy atom. The van der Waals surface area contributed by atoms with Crippen molar-refractivity contribution in [3.8, 4) is 5.75 Å². The highest BCUT2D eigenvalue weighted by Gasteiger charge is 2.22. The number of ketones is 1. The standard InChI is InChI=1S/C13H12N2O3/c1-8-14-15-13(18-8)7-17-12-4-2-3-9-10(12)5-6-11(9)16/h2-4H,5-7H2,1H3. The predicted molar refractivity (Wildman–Crippen MR) is 62.5 cm³/mol. The van der Waals surface area contributed by atoms with Gasteiger partial charge in [-0.3, -0.25) is 4.79 Å². The number of carbonyl (C=O) groups is 1. The minimum absolute atomic E-state index is 0.184. The highest BCUT2D eigenvalue weighted by atomic mass is 16.5. The van der Waals surface area contributed by atoms with Crippen LogP contribution in [0.1, 0.15) is 34.1 Å². The van der Waals surface area contributed by atoms with E-state index in [2.05, 4.69) is 10.2 Å². The summed E-state index contributed by atoms with van der Waals surface area (Å²) in [6.07, 6.45) is 1.31. The molecule has 18 heavy (non-hydrogen) atoms. The molecule has 0 atom stereocenters. The number of aryl methyl sites for hydroxylation is 1. The Bertz CT molecular complexity index is 604. The molecule has 3 rings (SSSR count). The quantitative estimate of drug-likeness (QED) is 0.827. The molecule has 5 heteroatoms. The molecule has 0 aliphatic heterocycles. The second-order valence-corrected chi connectivity index (χ2v) is 4.21. The van der Waals surface area contributed by atoms with Crippen LogP contribution in [0.2, 0.25) is 0 Å². The van der Waals surface area contributed by atoms with Gasteiger partial charge >= 0.3 is 0 Å². The molecule has 92 valence electrons. The molecule has 0 saturated heterocycles. The van der Waals surface area contributed by atoms with E-state index in [1.165, 1.54) is 0 Å². The van der Waals surface area contributed by atoms with Crippen molar-refractivity contribution < 1.29 is 13.9 Å². The summed E-state index contributed by atoms with van der Waals surface area (Å²) in [5, 5.41) is 7.59. The largest absolute Gasteiger partial charge is 0.483 e. The summed E-state index contributed by atoms with van der Waals surface area (Å²) in [5.74, 6) is 1.87. The maximum Gasteiger partial charge on any atom is 0.253 e. The average molecular weight is 244 g/mol. The van der Waals surface area contributed by atoms with Crippen molar-refractivity contribution in [2.75, 3.05) is 0 Å². The Labute approximate surface area is 104 Å². The highest BCUT2D eigenvalue weighted by Crippen LogP contribution is 2.30. The van der Waals surface area contributed by atoms with Crippen LogP contribution in [0.3, 0.4) is 0 Å². The SMILES string of the molecule is Cc1nnc(COc2cccc3c2CCC3=O)o1. The summed E-state index contributed by atoms with van der Waals surface area (Å²) in [7, 11) is 0. The zero-order chi connectivity index (χ0) is 12.5. The topological polar surface area (TPSA) is 65.2 Å². The van der Waals surface area contributed by atoms with Crippen molar-refractivity contribution in [1.82, 2.24) is 10.2 Å². The van der Waals surface area contributed by atoms with Gasteiger partial charge in [-0.15, -0.1) is 10.2 Å². The van der Waals surface area contributed by atoms with E-state index in [1.807, 2.05) is 18.2 Å². The second kappa shape index (κ2) is 4.25. The number of nitrogens with zero attached hydrogens (tertiary/aromatic N) is 2. The molecule has 5 nitrogen and oxygen atoms in total. The van der Waals surface area contributed by atoms with E-state index in [9.17, 15) is 4.79 Å². The number of carbonyl (C=O) groups excluding carboxylic acids is 1. The van der Waals surface area contributed by atoms with Crippen molar-refractivity contribution in [3.05, 3.63) is 41.1 Å². The molecule has 0 bridgehead atoms. The summed E-state index contributed by atoms with van der Waals surface area (Å²) < 4.78 is 10.9. The third-order valence-corrected chi connectivity index (χ3v) is 2.95. The predicted octanol–water partition coefficient (Wildman–Crippen LogP) is 2.09. The second-order valence-electron chi connectivity index (χ2n) is 4.21. The smallest absolute Gasteiger partial charge is 0.253 e. The molecule has 1 heterocycles. The van der Waals surface area contributed by atoms with Crippen LogP contribution >= 0.6 is 0 Å². The van der Waals surface area contributed by atoms with Crippen molar-refractivity contribution in [2.45, 2.75) is 26.4 Å². The lowest BCUT2D eigenvalue weighted by atomic mass is 10.1. The number of hydrogen-bond acceptors (Lipinski definition) is 5. The van der Waals surface area contributed by atoms with E-state index in [0.717, 1.165) is 23.3 Å². The lowest BCUT2D eigenvalue weighted by Crippen LogP contribution is -1.99. The van der Waals surface area contributed by atoms with Crippen molar-refractivity contribution in [2.24, 2.45) is 0 Å². The Balaban J connectivity index is 1.80. The van der Waals surface area contributed by atoms with Crippen LogP contribution < -0.4 is 4.74 Å². The molecule has 1 aliphatic carbocycles. The molecule has 0 fully saturated rings. The average Bonchev–Trinajstić information content (AvgIpc) is 2.94. The number of benzene rings is 1. The zero-order valence-corrected chi connectivity index (χ0v) is 9.97. The Morgan fingerprint density at radius 3 is 3.00 bits per heavy atom. The van der Waals surface area contributed by atoms with E-state index >= 15 is 0 Å². The van der Waals surface area contributed by atoms with Crippen LogP contribution in [0.25, 0.3) is 0 Å². The monoisotopic (exact) mass is 244 g/mol. The summed E-state index contributed by atoms with van der Waals surface area (Å²) in [6.45, 7) is 1.96. The number of aromatic nitrogens is 2. The maximum absolute atomic E-state index is 11.6. The van der Waals surface area contributed by atoms with Gasteiger partial charge in [0, 0.05) is 24.5 Å². The first-order chi connectivity index (χ1) is 8.74. The molecule has 0 N–H and O–H groups in total. The van der Waals surface area contributed by atoms with Gasteiger partial charge in [-0.05, 0) is 12.5 Å². The molecular formula is C13H12N2O3. The molecule has 1 aromatic carbocycles. The molecule has 0 amide bonds. The summed E-state index contributed by atoms with van der Waals surface area (Å²) >= 11 is 0. The van der Waals surface area contributed by atoms with Gasteiger partial charge in [-0.25, -0.2) is 0 Å². The molecule has 0 spiro atoms. The van der Waals surface area contributed by atoms with Crippen molar-refractivity contribution in [1.29, 1.82) is 0 Å². The fourth-order valence-electron chi connectivity index (χ4n) is 2.13. The Hall–Kier alpha value is -2.17. The van der Waals surface area contributed by atoms with Crippen LogP contribution in [0.15, 0.2) is 22.6 Å². The number of ether oxygens (including phenoxy) is 1. The lowest BCUT2D eigenvalue weighted by molar-refractivity contribution is 0.0994. The van der Waals surface area contributed by atoms with E-state index in [1.54, 1.807) is 6.92 Å². The number of Topliss-reactive ketones (excluding diaryl/α,β-unsaturated/α-hetero) is 1.